The first-order valence-corrected chi connectivity index (χ1v) is 7.23. The van der Waals surface area contributed by atoms with E-state index >= 15 is 0 Å². The lowest BCUT2D eigenvalue weighted by Crippen LogP contribution is -2.33. The summed E-state index contributed by atoms with van der Waals surface area (Å²) in [6.07, 6.45) is 3.41. The Morgan fingerprint density at radius 1 is 1.43 bits per heavy atom. The summed E-state index contributed by atoms with van der Waals surface area (Å²) in [5.41, 5.74) is 0.470. The number of nitro benzene ring substituents is 1. The van der Waals surface area contributed by atoms with Crippen LogP contribution < -0.4 is 5.32 Å². The zero-order valence-corrected chi connectivity index (χ0v) is 13.0. The SMILES string of the molecule is CC(CCc1cccn1C)NC(=O)c1ccc(F)cc1[N+](=O)[O-]. The maximum absolute atomic E-state index is 13.1. The summed E-state index contributed by atoms with van der Waals surface area (Å²) < 4.78 is 15.1. The fourth-order valence-corrected chi connectivity index (χ4v) is 2.34. The summed E-state index contributed by atoms with van der Waals surface area (Å²) in [5.74, 6) is -1.32. The molecule has 1 atom stereocenters. The van der Waals surface area contributed by atoms with Gasteiger partial charge in [-0.2, -0.15) is 0 Å². The maximum Gasteiger partial charge on any atom is 0.285 e. The number of nitro groups is 1. The molecule has 0 fully saturated rings. The van der Waals surface area contributed by atoms with Crippen molar-refractivity contribution >= 4 is 11.6 Å². The normalized spacial score (nSPS) is 12.0. The number of rotatable bonds is 6. The molecule has 1 aromatic carbocycles. The third-order valence-electron chi connectivity index (χ3n) is 3.66. The van der Waals surface area contributed by atoms with Crippen molar-refractivity contribution in [3.8, 4) is 0 Å². The smallest absolute Gasteiger partial charge is 0.285 e. The largest absolute Gasteiger partial charge is 0.354 e. The van der Waals surface area contributed by atoms with Crippen LogP contribution in [0.2, 0.25) is 0 Å². The van der Waals surface area contributed by atoms with Gasteiger partial charge in [-0.25, -0.2) is 4.39 Å². The van der Waals surface area contributed by atoms with Gasteiger partial charge in [0.25, 0.3) is 11.6 Å². The van der Waals surface area contributed by atoms with Crippen LogP contribution in [0.5, 0.6) is 0 Å². The van der Waals surface area contributed by atoms with E-state index in [1.54, 1.807) is 0 Å². The second-order valence-corrected chi connectivity index (χ2v) is 5.44. The first-order chi connectivity index (χ1) is 10.9. The molecule has 0 aliphatic rings. The van der Waals surface area contributed by atoms with E-state index in [1.165, 1.54) is 0 Å². The molecule has 1 aromatic heterocycles. The molecular formula is C16H18FN3O3. The average molecular weight is 319 g/mol. The van der Waals surface area contributed by atoms with Crippen LogP contribution in [-0.2, 0) is 13.5 Å². The lowest BCUT2D eigenvalue weighted by atomic mass is 10.1. The van der Waals surface area contributed by atoms with Gasteiger partial charge in [-0.05, 0) is 44.0 Å². The molecule has 1 N–H and O–H groups in total. The van der Waals surface area contributed by atoms with Crippen molar-refractivity contribution in [1.29, 1.82) is 0 Å². The van der Waals surface area contributed by atoms with Crippen LogP contribution >= 0.6 is 0 Å². The van der Waals surface area contributed by atoms with E-state index < -0.39 is 22.3 Å². The number of amides is 1. The number of nitrogens with zero attached hydrogens (tertiary/aromatic N) is 2. The topological polar surface area (TPSA) is 77.2 Å². The molecule has 1 unspecified atom stereocenters. The summed E-state index contributed by atoms with van der Waals surface area (Å²) in [6.45, 7) is 1.83. The summed E-state index contributed by atoms with van der Waals surface area (Å²) in [5, 5.41) is 13.7. The Balaban J connectivity index is 2.01. The Hall–Kier alpha value is -2.70. The lowest BCUT2D eigenvalue weighted by molar-refractivity contribution is -0.385. The van der Waals surface area contributed by atoms with Crippen molar-refractivity contribution in [3.63, 3.8) is 0 Å². The highest BCUT2D eigenvalue weighted by Crippen LogP contribution is 2.20. The van der Waals surface area contributed by atoms with Gasteiger partial charge in [0.1, 0.15) is 11.4 Å². The van der Waals surface area contributed by atoms with E-state index in [0.29, 0.717) is 6.42 Å². The molecule has 122 valence electrons. The third kappa shape index (κ3) is 4.15. The molecule has 0 aliphatic carbocycles. The fourth-order valence-electron chi connectivity index (χ4n) is 2.34. The van der Waals surface area contributed by atoms with Gasteiger partial charge < -0.3 is 9.88 Å². The average Bonchev–Trinajstić information content (AvgIpc) is 2.90. The molecule has 0 radical (unpaired) electrons. The molecule has 7 heteroatoms. The Morgan fingerprint density at radius 2 is 2.17 bits per heavy atom. The predicted molar refractivity (Wildman–Crippen MR) is 83.7 cm³/mol. The number of benzene rings is 1. The number of carbonyl (C=O) groups is 1. The van der Waals surface area contributed by atoms with Gasteiger partial charge in [-0.15, -0.1) is 0 Å². The minimum Gasteiger partial charge on any atom is -0.354 e. The van der Waals surface area contributed by atoms with Crippen LogP contribution in [0.15, 0.2) is 36.5 Å². The molecule has 0 aliphatic heterocycles. The second-order valence-electron chi connectivity index (χ2n) is 5.44. The number of halogens is 1. The van der Waals surface area contributed by atoms with E-state index in [1.807, 2.05) is 36.9 Å². The molecule has 0 saturated heterocycles. The molecule has 1 heterocycles. The molecule has 6 nitrogen and oxygen atoms in total. The lowest BCUT2D eigenvalue weighted by Gasteiger charge is -2.14. The van der Waals surface area contributed by atoms with Crippen LogP contribution in [-0.4, -0.2) is 21.4 Å². The second kappa shape index (κ2) is 7.04. The van der Waals surface area contributed by atoms with Gasteiger partial charge in [0.15, 0.2) is 0 Å². The van der Waals surface area contributed by atoms with Gasteiger partial charge >= 0.3 is 0 Å². The zero-order chi connectivity index (χ0) is 17.0. The minimum atomic E-state index is -0.757. The van der Waals surface area contributed by atoms with E-state index in [0.717, 1.165) is 30.3 Å². The summed E-state index contributed by atoms with van der Waals surface area (Å²) in [7, 11) is 1.94. The first-order valence-electron chi connectivity index (χ1n) is 7.23. The van der Waals surface area contributed by atoms with Gasteiger partial charge in [0.2, 0.25) is 0 Å². The Labute approximate surface area is 133 Å². The van der Waals surface area contributed by atoms with Crippen LogP contribution in [0, 0.1) is 15.9 Å². The summed E-state index contributed by atoms with van der Waals surface area (Å²) in [4.78, 5) is 22.4. The fraction of sp³-hybridized carbons (Fsp3) is 0.312. The van der Waals surface area contributed by atoms with Crippen molar-refractivity contribution in [2.75, 3.05) is 0 Å². The molecule has 2 rings (SSSR count). The van der Waals surface area contributed by atoms with E-state index in [-0.39, 0.29) is 11.6 Å². The molecule has 2 aromatic rings. The molecule has 0 spiro atoms. The van der Waals surface area contributed by atoms with Crippen LogP contribution in [0.3, 0.4) is 0 Å². The maximum atomic E-state index is 13.1. The highest BCUT2D eigenvalue weighted by molar-refractivity contribution is 5.98. The number of aryl methyl sites for hydroxylation is 2. The molecule has 0 saturated carbocycles. The number of aromatic nitrogens is 1. The molecule has 1 amide bonds. The quantitative estimate of drug-likeness (QED) is 0.657. The number of nitrogens with one attached hydrogen (secondary N) is 1. The number of hydrogen-bond acceptors (Lipinski definition) is 3. The monoisotopic (exact) mass is 319 g/mol. The Morgan fingerprint density at radius 3 is 2.78 bits per heavy atom. The van der Waals surface area contributed by atoms with Crippen LogP contribution in [0.25, 0.3) is 0 Å². The van der Waals surface area contributed by atoms with Gasteiger partial charge in [-0.1, -0.05) is 0 Å². The molecule has 23 heavy (non-hydrogen) atoms. The van der Waals surface area contributed by atoms with Crippen molar-refractivity contribution < 1.29 is 14.1 Å². The standard InChI is InChI=1S/C16H18FN3O3/c1-11(5-7-13-4-3-9-19(13)2)18-16(21)14-8-6-12(17)10-15(14)20(22)23/h3-4,6,8-11H,5,7H2,1-2H3,(H,18,21). The van der Waals surface area contributed by atoms with Crippen LogP contribution in [0.1, 0.15) is 29.4 Å². The minimum absolute atomic E-state index is 0.137. The van der Waals surface area contributed by atoms with E-state index in [2.05, 4.69) is 5.32 Å². The van der Waals surface area contributed by atoms with Crippen molar-refractivity contribution in [3.05, 3.63) is 63.7 Å². The van der Waals surface area contributed by atoms with Gasteiger partial charge in [0, 0.05) is 25.0 Å². The predicted octanol–water partition coefficient (Wildman–Crippen LogP) is 2.82. The van der Waals surface area contributed by atoms with E-state index in [9.17, 15) is 19.3 Å². The molecule has 0 bridgehead atoms. The third-order valence-corrected chi connectivity index (χ3v) is 3.66. The Kier molecular flexibility index (Phi) is 5.10. The number of carbonyl (C=O) groups excluding carboxylic acids is 1. The van der Waals surface area contributed by atoms with Crippen molar-refractivity contribution in [2.24, 2.45) is 7.05 Å². The number of hydrogen-bond donors (Lipinski definition) is 1. The highest BCUT2D eigenvalue weighted by atomic mass is 19.1. The van der Waals surface area contributed by atoms with Crippen LogP contribution in [0.4, 0.5) is 10.1 Å². The Bertz CT molecular complexity index is 727. The van der Waals surface area contributed by atoms with E-state index in [4.69, 9.17) is 0 Å². The van der Waals surface area contributed by atoms with Gasteiger partial charge in [0.05, 0.1) is 11.0 Å². The summed E-state index contributed by atoms with van der Waals surface area (Å²) in [6, 6.07) is 6.70. The zero-order valence-electron chi connectivity index (χ0n) is 13.0. The van der Waals surface area contributed by atoms with Crippen molar-refractivity contribution in [2.45, 2.75) is 25.8 Å². The first kappa shape index (κ1) is 16.7. The molecular weight excluding hydrogens is 301 g/mol. The van der Waals surface area contributed by atoms with Crippen molar-refractivity contribution in [1.82, 2.24) is 9.88 Å². The summed E-state index contributed by atoms with van der Waals surface area (Å²) >= 11 is 0. The van der Waals surface area contributed by atoms with Gasteiger partial charge in [-0.3, -0.25) is 14.9 Å². The highest BCUT2D eigenvalue weighted by Gasteiger charge is 2.22.